The molecule has 1 aliphatic heterocycles. The van der Waals surface area contributed by atoms with Crippen LogP contribution in [0.25, 0.3) is 0 Å². The van der Waals surface area contributed by atoms with Crippen LogP contribution in [0.5, 0.6) is 0 Å². The Balaban J connectivity index is 2.60. The van der Waals surface area contributed by atoms with Crippen molar-refractivity contribution in [2.24, 2.45) is 0 Å². The zero-order valence-corrected chi connectivity index (χ0v) is 12.8. The maximum atomic E-state index is 12.8. The molecule has 1 heterocycles. The average Bonchev–Trinajstić information content (AvgIpc) is 2.38. The number of carbonyl (C=O) groups is 2. The number of hydrogen-bond acceptors (Lipinski definition) is 5. The fourth-order valence-electron chi connectivity index (χ4n) is 2.25. The molecule has 0 aromatic heterocycles. The molecule has 0 bridgehead atoms. The van der Waals surface area contributed by atoms with E-state index in [1.54, 1.807) is 26.0 Å². The summed E-state index contributed by atoms with van der Waals surface area (Å²) in [6, 6.07) is 2.41. The van der Waals surface area contributed by atoms with Crippen molar-refractivity contribution in [3.05, 3.63) is 23.3 Å². The minimum Gasteiger partial charge on any atom is -0.397 e. The monoisotopic (exact) mass is 311 g/mol. The van der Waals surface area contributed by atoms with Gasteiger partial charge in [0.15, 0.2) is 0 Å². The first kappa shape index (κ1) is 15.5. The van der Waals surface area contributed by atoms with Crippen LogP contribution in [-0.4, -0.2) is 37.1 Å². The fourth-order valence-corrected chi connectivity index (χ4v) is 4.20. The van der Waals surface area contributed by atoms with Crippen LogP contribution >= 0.6 is 0 Å². The van der Waals surface area contributed by atoms with E-state index >= 15 is 0 Å². The van der Waals surface area contributed by atoms with Gasteiger partial charge in [-0.05, 0) is 31.9 Å². The van der Waals surface area contributed by atoms with Crippen LogP contribution in [0.15, 0.2) is 17.0 Å². The van der Waals surface area contributed by atoms with E-state index in [2.05, 4.69) is 5.32 Å². The highest BCUT2D eigenvalue weighted by molar-refractivity contribution is 7.89. The lowest BCUT2D eigenvalue weighted by Gasteiger charge is -2.31. The summed E-state index contributed by atoms with van der Waals surface area (Å²) in [7, 11) is -4.03. The lowest BCUT2D eigenvalue weighted by atomic mass is 10.1. The van der Waals surface area contributed by atoms with Crippen molar-refractivity contribution in [2.45, 2.75) is 31.7 Å². The van der Waals surface area contributed by atoms with Gasteiger partial charge in [0.2, 0.25) is 21.8 Å². The van der Waals surface area contributed by atoms with Gasteiger partial charge >= 0.3 is 0 Å². The number of nitrogens with zero attached hydrogens (tertiary/aromatic N) is 1. The van der Waals surface area contributed by atoms with Crippen molar-refractivity contribution in [3.63, 3.8) is 0 Å². The number of benzene rings is 1. The second kappa shape index (κ2) is 5.12. The topological polar surface area (TPSA) is 110 Å². The van der Waals surface area contributed by atoms with Crippen molar-refractivity contribution in [2.75, 3.05) is 12.3 Å². The molecule has 7 nitrogen and oxygen atoms in total. The fraction of sp³-hybridized carbons (Fsp3) is 0.385. The Morgan fingerprint density at radius 3 is 2.43 bits per heavy atom. The Bertz CT molecular complexity index is 727. The molecule has 1 fully saturated rings. The molecule has 1 aromatic carbocycles. The summed E-state index contributed by atoms with van der Waals surface area (Å²) in [5, 5.41) is 2.11. The number of nitrogen functional groups attached to an aromatic ring is 1. The van der Waals surface area contributed by atoms with Crippen LogP contribution in [-0.2, 0) is 19.6 Å². The van der Waals surface area contributed by atoms with Gasteiger partial charge in [-0.3, -0.25) is 14.9 Å². The van der Waals surface area contributed by atoms with E-state index in [0.29, 0.717) is 11.1 Å². The predicted molar refractivity (Wildman–Crippen MR) is 76.8 cm³/mol. The molecule has 1 aromatic rings. The molecule has 21 heavy (non-hydrogen) atoms. The smallest absolute Gasteiger partial charge is 0.246 e. The third kappa shape index (κ3) is 2.52. The van der Waals surface area contributed by atoms with Crippen molar-refractivity contribution in [3.8, 4) is 0 Å². The number of nitrogens with one attached hydrogen (secondary N) is 1. The summed E-state index contributed by atoms with van der Waals surface area (Å²) in [6.07, 6.45) is 0. The molecule has 1 unspecified atom stereocenters. The van der Waals surface area contributed by atoms with Gasteiger partial charge < -0.3 is 5.73 Å². The van der Waals surface area contributed by atoms with Crippen LogP contribution in [0.4, 0.5) is 5.69 Å². The molecular weight excluding hydrogens is 294 g/mol. The third-order valence-electron chi connectivity index (χ3n) is 3.55. The van der Waals surface area contributed by atoms with E-state index in [1.807, 2.05) is 0 Å². The first-order valence-corrected chi connectivity index (χ1v) is 7.81. The SMILES string of the molecule is Cc1ccc(C)c(S(=O)(=O)N2CC(=O)NC(=O)C2C)c1N. The average molecular weight is 311 g/mol. The first-order valence-electron chi connectivity index (χ1n) is 6.37. The number of sulfonamides is 1. The van der Waals surface area contributed by atoms with Crippen molar-refractivity contribution < 1.29 is 18.0 Å². The second-order valence-electron chi connectivity index (χ2n) is 5.08. The summed E-state index contributed by atoms with van der Waals surface area (Å²) < 4.78 is 26.5. The number of piperazine rings is 1. The van der Waals surface area contributed by atoms with Gasteiger partial charge in [-0.25, -0.2) is 8.42 Å². The maximum Gasteiger partial charge on any atom is 0.246 e. The van der Waals surface area contributed by atoms with Gasteiger partial charge in [-0.1, -0.05) is 12.1 Å². The van der Waals surface area contributed by atoms with E-state index < -0.39 is 34.4 Å². The number of aryl methyl sites for hydroxylation is 2. The Kier molecular flexibility index (Phi) is 3.77. The summed E-state index contributed by atoms with van der Waals surface area (Å²) in [6.45, 7) is 4.35. The molecule has 0 spiro atoms. The molecule has 8 heteroatoms. The standard InChI is InChI=1S/C13H17N3O4S/c1-7-4-5-8(2)12(11(7)14)21(19,20)16-6-10(17)15-13(18)9(16)3/h4-5,9H,6,14H2,1-3H3,(H,15,17,18). The zero-order chi connectivity index (χ0) is 15.9. The molecule has 1 saturated heterocycles. The van der Waals surface area contributed by atoms with Gasteiger partial charge in [0.25, 0.3) is 0 Å². The number of hydrogen-bond donors (Lipinski definition) is 2. The summed E-state index contributed by atoms with van der Waals surface area (Å²) in [5.41, 5.74) is 7.14. The van der Waals surface area contributed by atoms with Crippen LogP contribution in [0.3, 0.4) is 0 Å². The maximum absolute atomic E-state index is 12.8. The van der Waals surface area contributed by atoms with Crippen molar-refractivity contribution in [1.29, 1.82) is 0 Å². The van der Waals surface area contributed by atoms with Gasteiger partial charge in [-0.15, -0.1) is 0 Å². The van der Waals surface area contributed by atoms with Crippen LogP contribution in [0.1, 0.15) is 18.1 Å². The number of amides is 2. The third-order valence-corrected chi connectivity index (χ3v) is 5.67. The number of imide groups is 1. The summed E-state index contributed by atoms with van der Waals surface area (Å²) >= 11 is 0. The molecule has 2 amide bonds. The second-order valence-corrected chi connectivity index (χ2v) is 6.91. The van der Waals surface area contributed by atoms with E-state index in [9.17, 15) is 18.0 Å². The Morgan fingerprint density at radius 2 is 1.81 bits per heavy atom. The van der Waals surface area contributed by atoms with Gasteiger partial charge in [0.1, 0.15) is 10.9 Å². The van der Waals surface area contributed by atoms with Crippen LogP contribution in [0, 0.1) is 13.8 Å². The van der Waals surface area contributed by atoms with Gasteiger partial charge in [0.05, 0.1) is 12.2 Å². The van der Waals surface area contributed by atoms with Crippen molar-refractivity contribution in [1.82, 2.24) is 9.62 Å². The Labute approximate surface area is 123 Å². The molecule has 114 valence electrons. The van der Waals surface area contributed by atoms with Crippen molar-refractivity contribution >= 4 is 27.5 Å². The lowest BCUT2D eigenvalue weighted by Crippen LogP contribution is -2.58. The largest absolute Gasteiger partial charge is 0.397 e. The Morgan fingerprint density at radius 1 is 1.24 bits per heavy atom. The number of rotatable bonds is 2. The molecule has 0 radical (unpaired) electrons. The van der Waals surface area contributed by atoms with Crippen LogP contribution in [0.2, 0.25) is 0 Å². The zero-order valence-electron chi connectivity index (χ0n) is 12.0. The highest BCUT2D eigenvalue weighted by atomic mass is 32.2. The molecule has 3 N–H and O–H groups in total. The number of carbonyl (C=O) groups excluding carboxylic acids is 2. The van der Waals surface area contributed by atoms with E-state index in [0.717, 1.165) is 4.31 Å². The molecule has 0 aliphatic carbocycles. The molecular formula is C13H17N3O4S. The van der Waals surface area contributed by atoms with E-state index in [1.165, 1.54) is 6.92 Å². The van der Waals surface area contributed by atoms with Gasteiger partial charge in [0, 0.05) is 0 Å². The Hall–Kier alpha value is -1.93. The lowest BCUT2D eigenvalue weighted by molar-refractivity contribution is -0.136. The normalized spacial score (nSPS) is 20.4. The predicted octanol–water partition coefficient (Wildman–Crippen LogP) is -0.0788. The molecule has 1 atom stereocenters. The summed E-state index contributed by atoms with van der Waals surface area (Å²) in [4.78, 5) is 23.1. The minimum atomic E-state index is -4.03. The van der Waals surface area contributed by atoms with E-state index in [4.69, 9.17) is 5.73 Å². The first-order chi connectivity index (χ1) is 9.66. The van der Waals surface area contributed by atoms with Gasteiger partial charge in [-0.2, -0.15) is 4.31 Å². The minimum absolute atomic E-state index is 0.0446. The van der Waals surface area contributed by atoms with Crippen LogP contribution < -0.4 is 11.1 Å². The number of nitrogens with two attached hydrogens (primary N) is 1. The quantitative estimate of drug-likeness (QED) is 0.586. The molecule has 1 aliphatic rings. The highest BCUT2D eigenvalue weighted by Gasteiger charge is 2.40. The molecule has 2 rings (SSSR count). The number of anilines is 1. The highest BCUT2D eigenvalue weighted by Crippen LogP contribution is 2.30. The summed E-state index contributed by atoms with van der Waals surface area (Å²) in [5.74, 6) is -1.29. The molecule has 0 saturated carbocycles. The van der Waals surface area contributed by atoms with E-state index in [-0.39, 0.29) is 10.6 Å².